The van der Waals surface area contributed by atoms with Crippen molar-refractivity contribution >= 4 is 10.9 Å². The SMILES string of the molecule is [CH2]C(C)c1cccc2cccnc12. The highest BCUT2D eigenvalue weighted by Crippen LogP contribution is 2.22. The van der Waals surface area contributed by atoms with E-state index in [1.165, 1.54) is 10.9 Å². The van der Waals surface area contributed by atoms with Crippen molar-refractivity contribution in [1.82, 2.24) is 4.98 Å². The lowest BCUT2D eigenvalue weighted by molar-refractivity contribution is 0.971. The fourth-order valence-corrected chi connectivity index (χ4v) is 1.53. The number of fused-ring (bicyclic) bond motifs is 1. The van der Waals surface area contributed by atoms with Crippen LogP contribution in [0.25, 0.3) is 10.9 Å². The Morgan fingerprint density at radius 1 is 1.23 bits per heavy atom. The van der Waals surface area contributed by atoms with Gasteiger partial charge in [-0.25, -0.2) is 0 Å². The van der Waals surface area contributed by atoms with Crippen molar-refractivity contribution < 1.29 is 0 Å². The third-order valence-electron chi connectivity index (χ3n) is 2.19. The highest BCUT2D eigenvalue weighted by molar-refractivity contribution is 5.82. The summed E-state index contributed by atoms with van der Waals surface area (Å²) in [5.74, 6) is 0.290. The number of benzene rings is 1. The van der Waals surface area contributed by atoms with Crippen LogP contribution in [0.3, 0.4) is 0 Å². The van der Waals surface area contributed by atoms with Crippen LogP contribution in [0.1, 0.15) is 18.4 Å². The fourth-order valence-electron chi connectivity index (χ4n) is 1.53. The zero-order valence-corrected chi connectivity index (χ0v) is 7.70. The van der Waals surface area contributed by atoms with Crippen LogP contribution in [-0.4, -0.2) is 4.98 Å². The lowest BCUT2D eigenvalue weighted by Gasteiger charge is -2.07. The molecule has 13 heavy (non-hydrogen) atoms. The second-order valence-electron chi connectivity index (χ2n) is 3.32. The van der Waals surface area contributed by atoms with E-state index in [-0.39, 0.29) is 0 Å². The molecule has 1 heteroatoms. The quantitative estimate of drug-likeness (QED) is 0.640. The van der Waals surface area contributed by atoms with Gasteiger partial charge in [0.05, 0.1) is 5.52 Å². The number of hydrogen-bond acceptors (Lipinski definition) is 1. The highest BCUT2D eigenvalue weighted by atomic mass is 14.6. The first kappa shape index (κ1) is 8.24. The summed E-state index contributed by atoms with van der Waals surface area (Å²) >= 11 is 0. The smallest absolute Gasteiger partial charge is 0.0736 e. The number of para-hydroxylation sites is 1. The summed E-state index contributed by atoms with van der Waals surface area (Å²) in [7, 11) is 0. The van der Waals surface area contributed by atoms with E-state index in [1.807, 2.05) is 12.3 Å². The van der Waals surface area contributed by atoms with E-state index in [1.54, 1.807) is 0 Å². The summed E-state index contributed by atoms with van der Waals surface area (Å²) in [6, 6.07) is 10.3. The molecule has 2 aromatic rings. The zero-order chi connectivity index (χ0) is 9.26. The van der Waals surface area contributed by atoms with E-state index < -0.39 is 0 Å². The van der Waals surface area contributed by atoms with Crippen molar-refractivity contribution in [2.75, 3.05) is 0 Å². The topological polar surface area (TPSA) is 12.9 Å². The van der Waals surface area contributed by atoms with E-state index in [0.717, 1.165) is 5.52 Å². The molecule has 2 rings (SSSR count). The number of hydrogen-bond donors (Lipinski definition) is 0. The summed E-state index contributed by atoms with van der Waals surface area (Å²) in [5.41, 5.74) is 2.30. The maximum Gasteiger partial charge on any atom is 0.0736 e. The van der Waals surface area contributed by atoms with Gasteiger partial charge in [0.1, 0.15) is 0 Å². The minimum atomic E-state index is 0.290. The first-order chi connectivity index (χ1) is 6.29. The van der Waals surface area contributed by atoms with Crippen LogP contribution in [0.5, 0.6) is 0 Å². The van der Waals surface area contributed by atoms with Gasteiger partial charge in [0.25, 0.3) is 0 Å². The monoisotopic (exact) mass is 170 g/mol. The van der Waals surface area contributed by atoms with Crippen molar-refractivity contribution in [3.63, 3.8) is 0 Å². The van der Waals surface area contributed by atoms with Crippen LogP contribution in [0.15, 0.2) is 36.5 Å². The average Bonchev–Trinajstić information content (AvgIpc) is 2.17. The molecule has 0 fully saturated rings. The summed E-state index contributed by atoms with van der Waals surface area (Å²) in [6.07, 6.45) is 1.83. The molecule has 1 aromatic heterocycles. The van der Waals surface area contributed by atoms with Gasteiger partial charge in [-0.2, -0.15) is 0 Å². The molecule has 1 nitrogen and oxygen atoms in total. The van der Waals surface area contributed by atoms with E-state index in [4.69, 9.17) is 0 Å². The van der Waals surface area contributed by atoms with Crippen LogP contribution in [-0.2, 0) is 0 Å². The third kappa shape index (κ3) is 1.42. The molecule has 0 aliphatic heterocycles. The third-order valence-corrected chi connectivity index (χ3v) is 2.19. The van der Waals surface area contributed by atoms with Crippen LogP contribution in [0, 0.1) is 6.92 Å². The Kier molecular flexibility index (Phi) is 2.01. The Morgan fingerprint density at radius 2 is 2.00 bits per heavy atom. The molecule has 1 atom stereocenters. The van der Waals surface area contributed by atoms with Gasteiger partial charge in [0.15, 0.2) is 0 Å². The molecule has 0 aliphatic rings. The molecule has 0 spiro atoms. The number of aromatic nitrogens is 1. The largest absolute Gasteiger partial charge is 0.256 e. The molecule has 0 bridgehead atoms. The van der Waals surface area contributed by atoms with Gasteiger partial charge in [0.2, 0.25) is 0 Å². The average molecular weight is 170 g/mol. The van der Waals surface area contributed by atoms with E-state index in [9.17, 15) is 0 Å². The van der Waals surface area contributed by atoms with Gasteiger partial charge in [0, 0.05) is 11.6 Å². The molecule has 65 valence electrons. The van der Waals surface area contributed by atoms with Crippen molar-refractivity contribution in [3.8, 4) is 0 Å². The maximum absolute atomic E-state index is 4.36. The Hall–Kier alpha value is -1.37. The summed E-state index contributed by atoms with van der Waals surface area (Å²) < 4.78 is 0. The first-order valence-corrected chi connectivity index (χ1v) is 4.46. The summed E-state index contributed by atoms with van der Waals surface area (Å²) in [5, 5.41) is 1.19. The van der Waals surface area contributed by atoms with Gasteiger partial charge in [-0.15, -0.1) is 0 Å². The van der Waals surface area contributed by atoms with Crippen molar-refractivity contribution in [2.24, 2.45) is 0 Å². The maximum atomic E-state index is 4.36. The molecule has 0 saturated carbocycles. The summed E-state index contributed by atoms with van der Waals surface area (Å²) in [4.78, 5) is 4.36. The van der Waals surface area contributed by atoms with E-state index >= 15 is 0 Å². The summed E-state index contributed by atoms with van der Waals surface area (Å²) in [6.45, 7) is 6.11. The standard InChI is InChI=1S/C12H12N/c1-9(2)11-7-3-5-10-6-4-8-13-12(10)11/h3-9H,1H2,2H3. The van der Waals surface area contributed by atoms with Crippen molar-refractivity contribution in [2.45, 2.75) is 12.8 Å². The predicted molar refractivity (Wildman–Crippen MR) is 55.5 cm³/mol. The van der Waals surface area contributed by atoms with Crippen molar-refractivity contribution in [3.05, 3.63) is 49.0 Å². The molecule has 0 saturated heterocycles. The normalized spacial score (nSPS) is 11.0. The minimum Gasteiger partial charge on any atom is -0.256 e. The lowest BCUT2D eigenvalue weighted by atomic mass is 10.00. The van der Waals surface area contributed by atoms with E-state index in [0.29, 0.717) is 5.92 Å². The van der Waals surface area contributed by atoms with Crippen LogP contribution in [0.2, 0.25) is 0 Å². The Bertz CT molecular complexity index is 413. The van der Waals surface area contributed by atoms with Crippen LogP contribution >= 0.6 is 0 Å². The van der Waals surface area contributed by atoms with Gasteiger partial charge in [-0.3, -0.25) is 4.98 Å². The van der Waals surface area contributed by atoms with Gasteiger partial charge >= 0.3 is 0 Å². The first-order valence-electron chi connectivity index (χ1n) is 4.46. The van der Waals surface area contributed by atoms with Crippen LogP contribution in [0.4, 0.5) is 0 Å². The number of pyridine rings is 1. The molecule has 1 unspecified atom stereocenters. The fraction of sp³-hybridized carbons (Fsp3) is 0.167. The van der Waals surface area contributed by atoms with Crippen molar-refractivity contribution in [1.29, 1.82) is 0 Å². The molecular weight excluding hydrogens is 158 g/mol. The molecule has 1 heterocycles. The van der Waals surface area contributed by atoms with Gasteiger partial charge in [-0.05, 0) is 24.5 Å². The lowest BCUT2D eigenvalue weighted by Crippen LogP contribution is -1.90. The van der Waals surface area contributed by atoms with Gasteiger partial charge < -0.3 is 0 Å². The molecule has 0 N–H and O–H groups in total. The molecule has 0 amide bonds. The van der Waals surface area contributed by atoms with Gasteiger partial charge in [-0.1, -0.05) is 31.2 Å². The minimum absolute atomic E-state index is 0.290. The molecule has 1 aromatic carbocycles. The Labute approximate surface area is 78.4 Å². The second-order valence-corrected chi connectivity index (χ2v) is 3.32. The molecular formula is C12H12N. The second kappa shape index (κ2) is 3.17. The Balaban J connectivity index is 2.76. The van der Waals surface area contributed by atoms with Crippen LogP contribution < -0.4 is 0 Å². The predicted octanol–water partition coefficient (Wildman–Crippen LogP) is 3.17. The Morgan fingerprint density at radius 3 is 2.77 bits per heavy atom. The molecule has 1 radical (unpaired) electrons. The van der Waals surface area contributed by atoms with E-state index in [2.05, 4.69) is 43.1 Å². The molecule has 0 aliphatic carbocycles. The number of rotatable bonds is 1. The highest BCUT2D eigenvalue weighted by Gasteiger charge is 2.04. The number of nitrogens with zero attached hydrogens (tertiary/aromatic N) is 1. The zero-order valence-electron chi connectivity index (χ0n) is 7.70.